The molecule has 1 aromatic heterocycles. The highest BCUT2D eigenvalue weighted by Gasteiger charge is 2.26. The molecule has 3 aromatic rings. The van der Waals surface area contributed by atoms with Crippen molar-refractivity contribution >= 4 is 35.2 Å². The predicted octanol–water partition coefficient (Wildman–Crippen LogP) is 1.43. The third-order valence-electron chi connectivity index (χ3n) is 7.66. The molecule has 0 saturated heterocycles. The van der Waals surface area contributed by atoms with E-state index in [1.54, 1.807) is 38.1 Å². The molecule has 0 aliphatic carbocycles. The minimum atomic E-state index is -1.04. The average Bonchev–Trinajstić information content (AvgIpc) is 3.02. The van der Waals surface area contributed by atoms with Gasteiger partial charge in [0.05, 0.1) is 29.9 Å². The van der Waals surface area contributed by atoms with Crippen LogP contribution in [0.4, 0.5) is 5.69 Å². The Kier molecular flexibility index (Phi) is 11.5. The molecule has 49 heavy (non-hydrogen) atoms. The van der Waals surface area contributed by atoms with Crippen molar-refractivity contribution in [1.82, 2.24) is 25.9 Å². The zero-order valence-corrected chi connectivity index (χ0v) is 28.3. The highest BCUT2D eigenvalue weighted by atomic mass is 16.2. The summed E-state index contributed by atoms with van der Waals surface area (Å²) in [6, 6.07) is 8.79. The molecule has 0 fully saturated rings. The molecule has 256 valence electrons. The fourth-order valence-electron chi connectivity index (χ4n) is 5.23. The Morgan fingerprint density at radius 1 is 1.08 bits per heavy atom. The molecule has 0 radical (unpaired) electrons. The van der Waals surface area contributed by atoms with E-state index in [4.69, 9.17) is 11.5 Å². The van der Waals surface area contributed by atoms with Gasteiger partial charge in [-0.15, -0.1) is 0 Å². The summed E-state index contributed by atoms with van der Waals surface area (Å²) in [6.45, 7) is 9.18. The summed E-state index contributed by atoms with van der Waals surface area (Å²) in [5.74, 6) is 3.56. The Morgan fingerprint density at radius 3 is 2.51 bits per heavy atom. The normalized spacial score (nSPS) is 15.3. The second-order valence-corrected chi connectivity index (χ2v) is 13.0. The van der Waals surface area contributed by atoms with Crippen molar-refractivity contribution in [3.63, 3.8) is 0 Å². The molecule has 0 saturated carbocycles. The Bertz CT molecular complexity index is 1850. The van der Waals surface area contributed by atoms with E-state index < -0.39 is 35.7 Å². The van der Waals surface area contributed by atoms with Gasteiger partial charge in [-0.05, 0) is 81.8 Å². The Morgan fingerprint density at radius 2 is 1.84 bits per heavy atom. The number of primary amides is 1. The van der Waals surface area contributed by atoms with Crippen LogP contribution in [0.3, 0.4) is 0 Å². The van der Waals surface area contributed by atoms with Gasteiger partial charge in [0.25, 0.3) is 5.91 Å². The van der Waals surface area contributed by atoms with Gasteiger partial charge in [0.2, 0.25) is 29.5 Å². The van der Waals surface area contributed by atoms with Gasteiger partial charge >= 0.3 is 0 Å². The molecule has 2 atom stereocenters. The number of amides is 5. The van der Waals surface area contributed by atoms with Crippen LogP contribution in [-0.4, -0.2) is 64.7 Å². The lowest BCUT2D eigenvalue weighted by atomic mass is 9.93. The van der Waals surface area contributed by atoms with Crippen molar-refractivity contribution in [2.24, 2.45) is 16.9 Å². The summed E-state index contributed by atoms with van der Waals surface area (Å²) in [7, 11) is 0. The van der Waals surface area contributed by atoms with Gasteiger partial charge in [-0.1, -0.05) is 36.3 Å². The van der Waals surface area contributed by atoms with Gasteiger partial charge < -0.3 is 32.7 Å². The SMILES string of the molecule is Cc1cc2cc(c1NC(=O)[C@H](CCN)NC(=O)c1cnc(C#CC(C)(C)C)nc1C)-c1cccc(c1)CC(=O)NCC(=O)NC(C(N)=O)C2. The molecule has 1 aliphatic heterocycles. The third-order valence-corrected chi connectivity index (χ3v) is 7.66. The molecule has 13 nitrogen and oxygen atoms in total. The summed E-state index contributed by atoms with van der Waals surface area (Å²) in [5, 5.41) is 10.9. The molecule has 1 aliphatic rings. The number of benzene rings is 2. The van der Waals surface area contributed by atoms with Crippen LogP contribution in [0.25, 0.3) is 11.1 Å². The first-order chi connectivity index (χ1) is 23.1. The maximum atomic E-state index is 13.8. The molecule has 4 bridgehead atoms. The number of hydrogen-bond donors (Lipinski definition) is 6. The molecule has 13 heteroatoms. The quantitative estimate of drug-likeness (QED) is 0.203. The summed E-state index contributed by atoms with van der Waals surface area (Å²) in [6.07, 6.45) is 1.60. The Labute approximate surface area is 285 Å². The zero-order valence-electron chi connectivity index (χ0n) is 28.3. The standard InChI is InChI=1S/C36H42N8O5/c1-20-13-23-15-25(24-8-6-7-22(14-24)17-30(45)40-19-31(46)42-28(16-23)33(38)47)32(20)44-35(49)27(10-12-37)43-34(48)26-18-39-29(41-21(26)2)9-11-36(3,4)5/h6-8,13-15,18,27-28H,10,12,16-17,19,37H2,1-5H3,(H2,38,47)(H,40,45)(H,42,46)(H,43,48)(H,44,49)/t27-,28?/m0/s1. The van der Waals surface area contributed by atoms with Crippen molar-refractivity contribution in [3.8, 4) is 23.0 Å². The first kappa shape index (κ1) is 36.2. The van der Waals surface area contributed by atoms with E-state index in [2.05, 4.69) is 43.1 Å². The lowest BCUT2D eigenvalue weighted by molar-refractivity contribution is -0.128. The van der Waals surface area contributed by atoms with E-state index >= 15 is 0 Å². The summed E-state index contributed by atoms with van der Waals surface area (Å²) >= 11 is 0. The molecule has 8 N–H and O–H groups in total. The summed E-state index contributed by atoms with van der Waals surface area (Å²) in [5.41, 5.74) is 15.6. The smallest absolute Gasteiger partial charge is 0.255 e. The van der Waals surface area contributed by atoms with E-state index in [1.807, 2.05) is 32.9 Å². The molecule has 4 rings (SSSR count). The molecule has 2 aromatic carbocycles. The summed E-state index contributed by atoms with van der Waals surface area (Å²) in [4.78, 5) is 73.1. The minimum absolute atomic E-state index is 0.00138. The van der Waals surface area contributed by atoms with Crippen LogP contribution >= 0.6 is 0 Å². The van der Waals surface area contributed by atoms with E-state index in [0.29, 0.717) is 39.2 Å². The van der Waals surface area contributed by atoms with Crippen LogP contribution in [0.1, 0.15) is 65.8 Å². The van der Waals surface area contributed by atoms with Crippen LogP contribution < -0.4 is 32.7 Å². The van der Waals surface area contributed by atoms with E-state index in [0.717, 1.165) is 0 Å². The van der Waals surface area contributed by atoms with Crippen LogP contribution in [0.5, 0.6) is 0 Å². The molecule has 5 amide bonds. The van der Waals surface area contributed by atoms with Gasteiger partial charge in [-0.25, -0.2) is 9.97 Å². The lowest BCUT2D eigenvalue weighted by Crippen LogP contribution is -2.49. The number of carbonyl (C=O) groups excluding carboxylic acids is 5. The van der Waals surface area contributed by atoms with Gasteiger partial charge in [0, 0.05) is 23.6 Å². The van der Waals surface area contributed by atoms with Crippen molar-refractivity contribution in [2.45, 2.75) is 66.0 Å². The zero-order chi connectivity index (χ0) is 35.9. The van der Waals surface area contributed by atoms with Crippen molar-refractivity contribution in [1.29, 1.82) is 0 Å². The van der Waals surface area contributed by atoms with Crippen LogP contribution in [-0.2, 0) is 32.0 Å². The molecular weight excluding hydrogens is 624 g/mol. The fraction of sp³-hybridized carbons (Fsp3) is 0.361. The molecule has 1 unspecified atom stereocenters. The second kappa shape index (κ2) is 15.5. The van der Waals surface area contributed by atoms with E-state index in [1.165, 1.54) is 6.20 Å². The maximum Gasteiger partial charge on any atom is 0.255 e. The number of fused-ring (bicyclic) bond motifs is 5. The first-order valence-electron chi connectivity index (χ1n) is 15.9. The number of anilines is 1. The van der Waals surface area contributed by atoms with E-state index in [9.17, 15) is 24.0 Å². The van der Waals surface area contributed by atoms with Crippen LogP contribution in [0.15, 0.2) is 42.6 Å². The number of aromatic nitrogens is 2. The number of nitrogens with one attached hydrogen (secondary N) is 4. The largest absolute Gasteiger partial charge is 0.368 e. The van der Waals surface area contributed by atoms with E-state index in [-0.39, 0.29) is 55.1 Å². The van der Waals surface area contributed by atoms with Crippen molar-refractivity contribution in [3.05, 3.63) is 76.4 Å². The number of rotatable bonds is 7. The number of aryl methyl sites for hydroxylation is 2. The molecule has 2 heterocycles. The van der Waals surface area contributed by atoms with Gasteiger partial charge in [-0.3, -0.25) is 24.0 Å². The fourth-order valence-corrected chi connectivity index (χ4v) is 5.23. The Balaban J connectivity index is 1.68. The summed E-state index contributed by atoms with van der Waals surface area (Å²) < 4.78 is 0. The molecular formula is C36H42N8O5. The highest BCUT2D eigenvalue weighted by molar-refractivity contribution is 6.03. The number of carbonyl (C=O) groups is 5. The van der Waals surface area contributed by atoms with Crippen LogP contribution in [0, 0.1) is 31.1 Å². The Hall–Kier alpha value is -5.61. The van der Waals surface area contributed by atoms with Crippen molar-refractivity contribution < 1.29 is 24.0 Å². The minimum Gasteiger partial charge on any atom is -0.368 e. The maximum absolute atomic E-state index is 13.8. The third kappa shape index (κ3) is 9.94. The van der Waals surface area contributed by atoms with Gasteiger partial charge in [0.15, 0.2) is 0 Å². The average molecular weight is 667 g/mol. The second-order valence-electron chi connectivity index (χ2n) is 13.0. The lowest BCUT2D eigenvalue weighted by Gasteiger charge is -2.23. The highest BCUT2D eigenvalue weighted by Crippen LogP contribution is 2.34. The topological polar surface area (TPSA) is 211 Å². The van der Waals surface area contributed by atoms with Gasteiger partial charge in [-0.2, -0.15) is 0 Å². The molecule has 0 spiro atoms. The number of nitrogens with zero attached hydrogens (tertiary/aromatic N) is 2. The first-order valence-corrected chi connectivity index (χ1v) is 15.9. The number of nitrogens with two attached hydrogens (primary N) is 2. The monoisotopic (exact) mass is 666 g/mol. The predicted molar refractivity (Wildman–Crippen MR) is 185 cm³/mol. The van der Waals surface area contributed by atoms with Crippen molar-refractivity contribution in [2.75, 3.05) is 18.4 Å². The van der Waals surface area contributed by atoms with Gasteiger partial charge in [0.1, 0.15) is 12.1 Å². The van der Waals surface area contributed by atoms with Crippen LogP contribution in [0.2, 0.25) is 0 Å². The number of hydrogen-bond acceptors (Lipinski definition) is 8.